The van der Waals surface area contributed by atoms with E-state index in [2.05, 4.69) is 5.32 Å². The van der Waals surface area contributed by atoms with Gasteiger partial charge < -0.3 is 4.74 Å². The Morgan fingerprint density at radius 2 is 1.86 bits per heavy atom. The first kappa shape index (κ1) is 16.6. The Kier molecular flexibility index (Phi) is 7.50. The number of rotatable bonds is 7. The lowest BCUT2D eigenvalue weighted by atomic mass is 10.1. The van der Waals surface area contributed by atoms with Crippen molar-refractivity contribution in [2.24, 2.45) is 0 Å². The van der Waals surface area contributed by atoms with Gasteiger partial charge in [-0.2, -0.15) is 0 Å². The van der Waals surface area contributed by atoms with Gasteiger partial charge in [0.05, 0.1) is 13.0 Å². The number of nitrogens with one attached hydrogen (secondary N) is 1. The topological polar surface area (TPSA) is 72.5 Å². The molecule has 0 atom stereocenters. The highest BCUT2D eigenvalue weighted by Crippen LogP contribution is 1.99. The highest BCUT2D eigenvalue weighted by molar-refractivity contribution is 6.03. The number of amides is 2. The van der Waals surface area contributed by atoms with Crippen molar-refractivity contribution < 1.29 is 19.1 Å². The van der Waals surface area contributed by atoms with Crippen molar-refractivity contribution >= 4 is 17.8 Å². The van der Waals surface area contributed by atoms with Gasteiger partial charge in [-0.05, 0) is 12.0 Å². The van der Waals surface area contributed by atoms with Gasteiger partial charge in [0.15, 0.2) is 0 Å². The molecule has 1 aromatic rings. The van der Waals surface area contributed by atoms with Crippen LogP contribution in [0.3, 0.4) is 0 Å². The van der Waals surface area contributed by atoms with Crippen LogP contribution in [0.1, 0.15) is 25.3 Å². The van der Waals surface area contributed by atoms with Gasteiger partial charge in [0.2, 0.25) is 5.91 Å². The van der Waals surface area contributed by atoms with Crippen molar-refractivity contribution in [3.63, 3.8) is 0 Å². The first-order chi connectivity index (χ1) is 10.1. The fourth-order valence-corrected chi connectivity index (χ4v) is 1.51. The molecule has 0 bridgehead atoms. The van der Waals surface area contributed by atoms with Crippen LogP contribution >= 0.6 is 0 Å². The standard InChI is InChI=1S/C16H19NO4/c1-2-3-11-21-16(20)10-9-14(18)17-15(19)12-13-7-5-4-6-8-13/h4-10H,2-3,11-12H2,1H3,(H,17,18,19)/b10-9+. The second kappa shape index (κ2) is 9.47. The maximum Gasteiger partial charge on any atom is 0.330 e. The largest absolute Gasteiger partial charge is 0.463 e. The third kappa shape index (κ3) is 7.67. The van der Waals surface area contributed by atoms with Gasteiger partial charge in [-0.15, -0.1) is 0 Å². The number of carbonyl (C=O) groups excluding carboxylic acids is 3. The van der Waals surface area contributed by atoms with Gasteiger partial charge in [0.25, 0.3) is 5.91 Å². The number of esters is 1. The predicted molar refractivity (Wildman–Crippen MR) is 78.3 cm³/mol. The Morgan fingerprint density at radius 3 is 2.52 bits per heavy atom. The second-order valence-electron chi connectivity index (χ2n) is 4.43. The van der Waals surface area contributed by atoms with E-state index in [1.54, 1.807) is 12.1 Å². The highest BCUT2D eigenvalue weighted by Gasteiger charge is 2.06. The first-order valence-corrected chi connectivity index (χ1v) is 6.84. The summed E-state index contributed by atoms with van der Waals surface area (Å²) in [6, 6.07) is 9.07. The molecule has 1 N–H and O–H groups in total. The normalized spacial score (nSPS) is 10.3. The molecule has 1 aromatic carbocycles. The van der Waals surface area contributed by atoms with E-state index in [-0.39, 0.29) is 6.42 Å². The lowest BCUT2D eigenvalue weighted by Crippen LogP contribution is -2.30. The number of imide groups is 1. The van der Waals surface area contributed by atoms with E-state index >= 15 is 0 Å². The molecule has 0 aromatic heterocycles. The van der Waals surface area contributed by atoms with E-state index in [0.29, 0.717) is 6.61 Å². The minimum Gasteiger partial charge on any atom is -0.463 e. The monoisotopic (exact) mass is 289 g/mol. The van der Waals surface area contributed by atoms with E-state index in [4.69, 9.17) is 4.74 Å². The second-order valence-corrected chi connectivity index (χ2v) is 4.43. The minimum atomic E-state index is -0.636. The number of carbonyl (C=O) groups is 3. The molecule has 0 aliphatic rings. The molecule has 0 saturated carbocycles. The van der Waals surface area contributed by atoms with Gasteiger partial charge in [-0.1, -0.05) is 43.7 Å². The molecule has 1 rings (SSSR count). The molecule has 5 nitrogen and oxygen atoms in total. The molecule has 2 amide bonds. The minimum absolute atomic E-state index is 0.112. The van der Waals surface area contributed by atoms with Gasteiger partial charge in [-0.25, -0.2) is 4.79 Å². The van der Waals surface area contributed by atoms with Crippen molar-refractivity contribution in [1.29, 1.82) is 0 Å². The Morgan fingerprint density at radius 1 is 1.14 bits per heavy atom. The zero-order valence-corrected chi connectivity index (χ0v) is 12.0. The van der Waals surface area contributed by atoms with Gasteiger partial charge >= 0.3 is 5.97 Å². The Hall–Kier alpha value is -2.43. The van der Waals surface area contributed by atoms with Crippen molar-refractivity contribution in [2.45, 2.75) is 26.2 Å². The van der Waals surface area contributed by atoms with E-state index in [9.17, 15) is 14.4 Å². The van der Waals surface area contributed by atoms with Crippen LogP contribution in [0.4, 0.5) is 0 Å². The molecule has 0 spiro atoms. The molecule has 0 aliphatic heterocycles. The smallest absolute Gasteiger partial charge is 0.330 e. The molecule has 0 radical (unpaired) electrons. The summed E-state index contributed by atoms with van der Waals surface area (Å²) in [6.07, 6.45) is 3.83. The zero-order valence-electron chi connectivity index (χ0n) is 12.0. The molecule has 0 unspecified atom stereocenters. The van der Waals surface area contributed by atoms with Crippen molar-refractivity contribution in [2.75, 3.05) is 6.61 Å². The molecule has 5 heteroatoms. The summed E-state index contributed by atoms with van der Waals surface area (Å²) in [7, 11) is 0. The van der Waals surface area contributed by atoms with E-state index in [1.165, 1.54) is 0 Å². The molecule has 112 valence electrons. The van der Waals surface area contributed by atoms with E-state index in [0.717, 1.165) is 30.6 Å². The molecular weight excluding hydrogens is 270 g/mol. The van der Waals surface area contributed by atoms with Crippen molar-refractivity contribution in [3.8, 4) is 0 Å². The first-order valence-electron chi connectivity index (χ1n) is 6.84. The highest BCUT2D eigenvalue weighted by atomic mass is 16.5. The summed E-state index contributed by atoms with van der Waals surface area (Å²) in [4.78, 5) is 34.3. The van der Waals surface area contributed by atoms with Crippen LogP contribution in [-0.4, -0.2) is 24.4 Å². The summed E-state index contributed by atoms with van der Waals surface area (Å²) in [5.41, 5.74) is 0.811. The molecule has 0 saturated heterocycles. The molecule has 0 aliphatic carbocycles. The Labute approximate surface area is 124 Å². The molecule has 0 fully saturated rings. The molecular formula is C16H19NO4. The van der Waals surface area contributed by atoms with Crippen LogP contribution in [0.25, 0.3) is 0 Å². The summed E-state index contributed by atoms with van der Waals surface area (Å²) in [6.45, 7) is 2.31. The average molecular weight is 289 g/mol. The third-order valence-corrected chi connectivity index (χ3v) is 2.58. The lowest BCUT2D eigenvalue weighted by Gasteiger charge is -2.01. The van der Waals surface area contributed by atoms with Crippen LogP contribution in [0, 0.1) is 0 Å². The maximum absolute atomic E-state index is 11.6. The Balaban J connectivity index is 2.32. The molecule has 21 heavy (non-hydrogen) atoms. The SMILES string of the molecule is CCCCOC(=O)/C=C/C(=O)NC(=O)Cc1ccccc1. The van der Waals surface area contributed by atoms with Crippen LogP contribution in [-0.2, 0) is 25.5 Å². The average Bonchev–Trinajstić information content (AvgIpc) is 2.46. The maximum atomic E-state index is 11.6. The van der Waals surface area contributed by atoms with Crippen LogP contribution < -0.4 is 5.32 Å². The van der Waals surface area contributed by atoms with Crippen LogP contribution in [0.2, 0.25) is 0 Å². The van der Waals surface area contributed by atoms with Crippen LogP contribution in [0.15, 0.2) is 42.5 Å². The fraction of sp³-hybridized carbons (Fsp3) is 0.312. The number of benzene rings is 1. The summed E-state index contributed by atoms with van der Waals surface area (Å²) >= 11 is 0. The predicted octanol–water partition coefficient (Wildman–Crippen LogP) is 1.77. The summed E-state index contributed by atoms with van der Waals surface area (Å²) in [5, 5.41) is 2.18. The van der Waals surface area contributed by atoms with Crippen molar-refractivity contribution in [3.05, 3.63) is 48.0 Å². The van der Waals surface area contributed by atoms with E-state index < -0.39 is 17.8 Å². The number of ether oxygens (including phenoxy) is 1. The van der Waals surface area contributed by atoms with Crippen molar-refractivity contribution in [1.82, 2.24) is 5.32 Å². The van der Waals surface area contributed by atoms with Crippen LogP contribution in [0.5, 0.6) is 0 Å². The third-order valence-electron chi connectivity index (χ3n) is 2.58. The van der Waals surface area contributed by atoms with Gasteiger partial charge in [0.1, 0.15) is 0 Å². The zero-order chi connectivity index (χ0) is 15.5. The number of hydrogen-bond donors (Lipinski definition) is 1. The summed E-state index contributed by atoms with van der Waals surface area (Å²) < 4.78 is 4.84. The van der Waals surface area contributed by atoms with Gasteiger partial charge in [-0.3, -0.25) is 14.9 Å². The lowest BCUT2D eigenvalue weighted by molar-refractivity contribution is -0.138. The molecule has 0 heterocycles. The van der Waals surface area contributed by atoms with Gasteiger partial charge in [0, 0.05) is 12.2 Å². The number of hydrogen-bond acceptors (Lipinski definition) is 4. The quantitative estimate of drug-likeness (QED) is 0.472. The Bertz CT molecular complexity index is 508. The summed E-state index contributed by atoms with van der Waals surface area (Å²) in [5.74, 6) is -1.65. The fourth-order valence-electron chi connectivity index (χ4n) is 1.51. The van der Waals surface area contributed by atoms with E-state index in [1.807, 2.05) is 25.1 Å². The number of unbranched alkanes of at least 4 members (excludes halogenated alkanes) is 1.